The second kappa shape index (κ2) is 7.89. The summed E-state index contributed by atoms with van der Waals surface area (Å²) in [4.78, 5) is 26.1. The van der Waals surface area contributed by atoms with Crippen LogP contribution in [-0.4, -0.2) is 66.7 Å². The molecule has 0 aromatic rings. The van der Waals surface area contributed by atoms with Gasteiger partial charge in [-0.05, 0) is 27.4 Å². The summed E-state index contributed by atoms with van der Waals surface area (Å²) in [7, 11) is 3.86. The van der Waals surface area contributed by atoms with Gasteiger partial charge in [0.2, 0.25) is 0 Å². The largest absolute Gasteiger partial charge is 0.480 e. The van der Waals surface area contributed by atoms with E-state index < -0.39 is 12.0 Å². The van der Waals surface area contributed by atoms with Gasteiger partial charge in [0.1, 0.15) is 6.04 Å². The number of carbonyl (C=O) groups is 2. The molecule has 0 saturated heterocycles. The molecule has 17 heavy (non-hydrogen) atoms. The maximum Gasteiger partial charge on any atom is 0.325 e. The zero-order chi connectivity index (χ0) is 13.4. The Labute approximate surface area is 103 Å². The monoisotopic (exact) mass is 245 g/mol. The molecule has 0 aliphatic heterocycles. The van der Waals surface area contributed by atoms with Gasteiger partial charge in [-0.2, -0.15) is 0 Å². The average Bonchev–Trinajstić information content (AvgIpc) is 2.23. The third kappa shape index (κ3) is 6.78. The minimum Gasteiger partial charge on any atom is -0.480 e. The van der Waals surface area contributed by atoms with Crippen LogP contribution >= 0.6 is 0 Å². The summed E-state index contributed by atoms with van der Waals surface area (Å²) in [6.07, 6.45) is 0.850. The Bertz CT molecular complexity index is 256. The van der Waals surface area contributed by atoms with E-state index in [4.69, 9.17) is 5.11 Å². The van der Waals surface area contributed by atoms with Gasteiger partial charge < -0.3 is 20.2 Å². The molecule has 0 bridgehead atoms. The molecule has 6 heteroatoms. The van der Waals surface area contributed by atoms with Crippen LogP contribution in [0.5, 0.6) is 0 Å². The SMILES string of the molecule is CCCN(CCN(C)C)C(=O)N[C@H](C)C(=O)O. The Balaban J connectivity index is 4.27. The zero-order valence-electron chi connectivity index (χ0n) is 11.1. The van der Waals surface area contributed by atoms with Crippen LogP contribution < -0.4 is 5.32 Å². The van der Waals surface area contributed by atoms with E-state index >= 15 is 0 Å². The van der Waals surface area contributed by atoms with Gasteiger partial charge in [-0.1, -0.05) is 6.92 Å². The molecule has 0 radical (unpaired) electrons. The summed E-state index contributed by atoms with van der Waals surface area (Å²) in [5, 5.41) is 11.2. The summed E-state index contributed by atoms with van der Waals surface area (Å²) >= 11 is 0. The summed E-state index contributed by atoms with van der Waals surface area (Å²) in [5.74, 6) is -1.03. The third-order valence-electron chi connectivity index (χ3n) is 2.31. The lowest BCUT2D eigenvalue weighted by Gasteiger charge is -2.25. The first-order valence-electron chi connectivity index (χ1n) is 5.81. The highest BCUT2D eigenvalue weighted by Crippen LogP contribution is 1.95. The van der Waals surface area contributed by atoms with Crippen molar-refractivity contribution in [1.82, 2.24) is 15.1 Å². The second-order valence-electron chi connectivity index (χ2n) is 4.30. The molecule has 0 saturated carbocycles. The molecule has 1 atom stereocenters. The minimum absolute atomic E-state index is 0.316. The van der Waals surface area contributed by atoms with Gasteiger partial charge in [0.05, 0.1) is 0 Å². The van der Waals surface area contributed by atoms with Gasteiger partial charge in [0.15, 0.2) is 0 Å². The summed E-state index contributed by atoms with van der Waals surface area (Å²) < 4.78 is 0. The van der Waals surface area contributed by atoms with Crippen LogP contribution in [-0.2, 0) is 4.79 Å². The number of carboxylic acid groups (broad SMARTS) is 1. The number of nitrogens with zero attached hydrogens (tertiary/aromatic N) is 2. The molecule has 100 valence electrons. The Kier molecular flexibility index (Phi) is 7.29. The van der Waals surface area contributed by atoms with Gasteiger partial charge >= 0.3 is 12.0 Å². The Morgan fingerprint density at radius 3 is 2.24 bits per heavy atom. The molecule has 0 aliphatic rings. The fourth-order valence-electron chi connectivity index (χ4n) is 1.24. The van der Waals surface area contributed by atoms with Crippen LogP contribution in [0, 0.1) is 0 Å². The number of amides is 2. The zero-order valence-corrected chi connectivity index (χ0v) is 11.1. The number of urea groups is 1. The number of carboxylic acids is 1. The van der Waals surface area contributed by atoms with Crippen LogP contribution in [0.4, 0.5) is 4.79 Å². The molecule has 0 unspecified atom stereocenters. The number of hydrogen-bond acceptors (Lipinski definition) is 3. The molecule has 2 N–H and O–H groups in total. The van der Waals surface area contributed by atoms with Gasteiger partial charge in [0.25, 0.3) is 0 Å². The van der Waals surface area contributed by atoms with Crippen LogP contribution in [0.1, 0.15) is 20.3 Å². The third-order valence-corrected chi connectivity index (χ3v) is 2.31. The van der Waals surface area contributed by atoms with Crippen molar-refractivity contribution in [3.05, 3.63) is 0 Å². The van der Waals surface area contributed by atoms with Crippen molar-refractivity contribution in [1.29, 1.82) is 0 Å². The van der Waals surface area contributed by atoms with Gasteiger partial charge in [-0.15, -0.1) is 0 Å². The molecular formula is C11H23N3O3. The van der Waals surface area contributed by atoms with Crippen molar-refractivity contribution in [2.24, 2.45) is 0 Å². The first kappa shape index (κ1) is 15.7. The second-order valence-corrected chi connectivity index (χ2v) is 4.30. The molecule has 2 amide bonds. The molecule has 0 rings (SSSR count). The summed E-state index contributed by atoms with van der Waals surface area (Å²) in [6.45, 7) is 5.42. The van der Waals surface area contributed by atoms with Gasteiger partial charge in [0, 0.05) is 19.6 Å². The van der Waals surface area contributed by atoms with E-state index in [9.17, 15) is 9.59 Å². The molecule has 0 aliphatic carbocycles. The maximum absolute atomic E-state index is 11.8. The van der Waals surface area contributed by atoms with E-state index in [0.717, 1.165) is 13.0 Å². The van der Waals surface area contributed by atoms with Gasteiger partial charge in [-0.25, -0.2) is 4.79 Å². The number of rotatable bonds is 7. The quantitative estimate of drug-likeness (QED) is 0.683. The fourth-order valence-corrected chi connectivity index (χ4v) is 1.24. The lowest BCUT2D eigenvalue weighted by atomic mass is 10.3. The van der Waals surface area contributed by atoms with Crippen LogP contribution in [0.2, 0.25) is 0 Å². The maximum atomic E-state index is 11.8. The Hall–Kier alpha value is -1.30. The van der Waals surface area contributed by atoms with E-state index in [1.807, 2.05) is 25.9 Å². The van der Waals surface area contributed by atoms with Crippen LogP contribution in [0.3, 0.4) is 0 Å². The number of nitrogens with one attached hydrogen (secondary N) is 1. The Morgan fingerprint density at radius 2 is 1.82 bits per heavy atom. The van der Waals surface area contributed by atoms with Crippen molar-refractivity contribution >= 4 is 12.0 Å². The number of carbonyl (C=O) groups excluding carboxylic acids is 1. The van der Waals surface area contributed by atoms with E-state index in [-0.39, 0.29) is 6.03 Å². The predicted molar refractivity (Wildman–Crippen MR) is 66.0 cm³/mol. The predicted octanol–water partition coefficient (Wildman–Crippen LogP) is 0.443. The van der Waals surface area contributed by atoms with Crippen LogP contribution in [0.15, 0.2) is 0 Å². The van der Waals surface area contributed by atoms with E-state index in [1.54, 1.807) is 4.90 Å². The number of likely N-dealkylation sites (N-methyl/N-ethyl adjacent to an activating group) is 1. The van der Waals surface area contributed by atoms with Crippen molar-refractivity contribution in [3.8, 4) is 0 Å². The highest BCUT2D eigenvalue weighted by molar-refractivity contribution is 5.82. The average molecular weight is 245 g/mol. The smallest absolute Gasteiger partial charge is 0.325 e. The normalized spacial score (nSPS) is 12.3. The molecule has 6 nitrogen and oxygen atoms in total. The summed E-state index contributed by atoms with van der Waals surface area (Å²) in [5.41, 5.74) is 0. The highest BCUT2D eigenvalue weighted by Gasteiger charge is 2.18. The van der Waals surface area contributed by atoms with Crippen LogP contribution in [0.25, 0.3) is 0 Å². The number of hydrogen-bond donors (Lipinski definition) is 2. The standard InChI is InChI=1S/C11H23N3O3/c1-5-6-14(8-7-13(3)4)11(17)12-9(2)10(15)16/h9H,5-8H2,1-4H3,(H,12,17)(H,15,16)/t9-/m1/s1. The van der Waals surface area contributed by atoms with Crippen molar-refractivity contribution < 1.29 is 14.7 Å². The summed E-state index contributed by atoms with van der Waals surface area (Å²) in [6, 6.07) is -1.18. The fraction of sp³-hybridized carbons (Fsp3) is 0.818. The van der Waals surface area contributed by atoms with E-state index in [0.29, 0.717) is 13.1 Å². The van der Waals surface area contributed by atoms with E-state index in [2.05, 4.69) is 5.32 Å². The topological polar surface area (TPSA) is 72.9 Å². The van der Waals surface area contributed by atoms with Crippen molar-refractivity contribution in [3.63, 3.8) is 0 Å². The lowest BCUT2D eigenvalue weighted by Crippen LogP contribution is -2.48. The molecule has 0 aromatic heterocycles. The minimum atomic E-state index is -1.03. The van der Waals surface area contributed by atoms with Crippen molar-refractivity contribution in [2.45, 2.75) is 26.3 Å². The molecule has 0 heterocycles. The molecular weight excluding hydrogens is 222 g/mol. The van der Waals surface area contributed by atoms with Gasteiger partial charge in [-0.3, -0.25) is 4.79 Å². The first-order chi connectivity index (χ1) is 7.88. The van der Waals surface area contributed by atoms with E-state index in [1.165, 1.54) is 6.92 Å². The first-order valence-corrected chi connectivity index (χ1v) is 5.81. The Morgan fingerprint density at radius 1 is 1.24 bits per heavy atom. The molecule has 0 fully saturated rings. The highest BCUT2D eigenvalue weighted by atomic mass is 16.4. The van der Waals surface area contributed by atoms with Crippen molar-refractivity contribution in [2.75, 3.05) is 33.7 Å². The lowest BCUT2D eigenvalue weighted by molar-refractivity contribution is -0.138. The molecule has 0 aromatic carbocycles. The number of aliphatic carboxylic acids is 1. The molecule has 0 spiro atoms.